The molecule has 0 radical (unpaired) electrons. The second-order valence-corrected chi connectivity index (χ2v) is 7.88. The first-order valence-corrected chi connectivity index (χ1v) is 9.70. The fraction of sp³-hybridized carbons (Fsp3) is 0.462. The highest BCUT2D eigenvalue weighted by atomic mass is 32.3. The first kappa shape index (κ1) is 22.3. The van der Waals surface area contributed by atoms with Gasteiger partial charge in [0.15, 0.2) is 9.84 Å². The Balaban J connectivity index is 0.00000529. The molecule has 0 aliphatic rings. The van der Waals surface area contributed by atoms with Gasteiger partial charge in [0.2, 0.25) is 0 Å². The largest absolute Gasteiger partial charge is 0.397 e. The van der Waals surface area contributed by atoms with Crippen LogP contribution < -0.4 is 10.6 Å². The number of anilines is 1. The Morgan fingerprint density at radius 2 is 1.88 bits per heavy atom. The zero-order valence-electron chi connectivity index (χ0n) is 12.4. The van der Waals surface area contributed by atoms with Crippen molar-refractivity contribution in [3.05, 3.63) is 29.8 Å². The molecule has 0 unspecified atom stereocenters. The van der Waals surface area contributed by atoms with Crippen LogP contribution in [0.5, 0.6) is 0 Å². The molecule has 11 heteroatoms. The summed E-state index contributed by atoms with van der Waals surface area (Å²) in [6.45, 7) is -0.809. The van der Waals surface area contributed by atoms with E-state index in [1.54, 1.807) is 31.3 Å². The number of nitrogens with one attached hydrogen (secondary N) is 2. The Hall–Kier alpha value is -1.69. The molecular formula is C13H22N2O7S2. The van der Waals surface area contributed by atoms with Crippen LogP contribution in [0.4, 0.5) is 5.69 Å². The Labute approximate surface area is 142 Å². The van der Waals surface area contributed by atoms with Crippen LogP contribution in [0.2, 0.25) is 0 Å². The van der Waals surface area contributed by atoms with E-state index < -0.39 is 38.5 Å². The molecule has 0 atom stereocenters. The average Bonchev–Trinajstić information content (AvgIpc) is 2.45. The number of benzene rings is 1. The number of carbonyl (C=O) groups is 1. The maximum absolute atomic E-state index is 11.9. The molecule has 0 saturated carbocycles. The first-order valence-electron chi connectivity index (χ1n) is 6.51. The third kappa shape index (κ3) is 8.82. The van der Waals surface area contributed by atoms with Crippen molar-refractivity contribution in [2.45, 2.75) is 7.43 Å². The van der Waals surface area contributed by atoms with E-state index in [1.165, 1.54) is 0 Å². The van der Waals surface area contributed by atoms with Crippen molar-refractivity contribution in [3.63, 3.8) is 0 Å². The van der Waals surface area contributed by atoms with Crippen LogP contribution in [0.15, 0.2) is 24.3 Å². The van der Waals surface area contributed by atoms with E-state index in [1.807, 2.05) is 0 Å². The lowest BCUT2D eigenvalue weighted by molar-refractivity contribution is 0.0956. The van der Waals surface area contributed by atoms with Gasteiger partial charge >= 0.3 is 10.4 Å². The maximum Gasteiger partial charge on any atom is 0.397 e. The summed E-state index contributed by atoms with van der Waals surface area (Å²) in [5.41, 5.74) is 1.12. The van der Waals surface area contributed by atoms with Gasteiger partial charge in [-0.1, -0.05) is 13.5 Å². The molecule has 0 fully saturated rings. The third-order valence-electron chi connectivity index (χ3n) is 2.74. The number of carbonyl (C=O) groups excluding carboxylic acids is 1. The quantitative estimate of drug-likeness (QED) is 0.519. The summed E-state index contributed by atoms with van der Waals surface area (Å²) < 4.78 is 56.1. The van der Waals surface area contributed by atoms with Gasteiger partial charge in [0.05, 0.1) is 18.1 Å². The van der Waals surface area contributed by atoms with Gasteiger partial charge < -0.3 is 10.6 Å². The van der Waals surface area contributed by atoms with Crippen molar-refractivity contribution >= 4 is 31.8 Å². The van der Waals surface area contributed by atoms with Gasteiger partial charge in [-0.05, 0) is 18.2 Å². The molecule has 1 rings (SSSR count). The minimum Gasteiger partial charge on any atom is -0.388 e. The van der Waals surface area contributed by atoms with Gasteiger partial charge in [-0.2, -0.15) is 8.42 Å². The van der Waals surface area contributed by atoms with Crippen molar-refractivity contribution < 1.29 is 30.4 Å². The zero-order chi connectivity index (χ0) is 17.5. The van der Waals surface area contributed by atoms with Crippen LogP contribution in [0.1, 0.15) is 17.8 Å². The van der Waals surface area contributed by atoms with E-state index >= 15 is 0 Å². The molecule has 138 valence electrons. The Morgan fingerprint density at radius 1 is 1.21 bits per heavy atom. The highest BCUT2D eigenvalue weighted by molar-refractivity contribution is 7.91. The molecule has 24 heavy (non-hydrogen) atoms. The fourth-order valence-corrected chi connectivity index (χ4v) is 2.96. The highest BCUT2D eigenvalue weighted by Crippen LogP contribution is 2.09. The first-order chi connectivity index (χ1) is 10.6. The Kier molecular flexibility index (Phi) is 8.89. The average molecular weight is 382 g/mol. The lowest BCUT2D eigenvalue weighted by Crippen LogP contribution is -2.30. The van der Waals surface area contributed by atoms with Gasteiger partial charge in [-0.3, -0.25) is 9.35 Å². The Bertz CT molecular complexity index is 745. The Morgan fingerprint density at radius 3 is 2.46 bits per heavy atom. The van der Waals surface area contributed by atoms with Crippen LogP contribution in [-0.4, -0.2) is 59.0 Å². The number of rotatable bonds is 9. The van der Waals surface area contributed by atoms with Gasteiger partial charge in [0.1, 0.15) is 0 Å². The summed E-state index contributed by atoms with van der Waals surface area (Å²) in [4.78, 5) is 11.9. The summed E-state index contributed by atoms with van der Waals surface area (Å²) in [7, 11) is -6.58. The number of hydrogen-bond donors (Lipinski definition) is 3. The number of hydrogen-bond acceptors (Lipinski definition) is 7. The highest BCUT2D eigenvalue weighted by Gasteiger charge is 2.14. The van der Waals surface area contributed by atoms with Crippen molar-refractivity contribution in [3.8, 4) is 0 Å². The molecule has 1 aromatic carbocycles. The van der Waals surface area contributed by atoms with Gasteiger partial charge in [-0.15, -0.1) is 0 Å². The minimum absolute atomic E-state index is 0. The molecule has 1 amide bonds. The van der Waals surface area contributed by atoms with E-state index in [-0.39, 0.29) is 19.7 Å². The summed E-state index contributed by atoms with van der Waals surface area (Å²) in [5.74, 6) is -1.39. The van der Waals surface area contributed by atoms with Crippen LogP contribution in [0.25, 0.3) is 0 Å². The SMILES string of the molecule is C.CNc1cccc(C(=O)NCCS(=O)(=O)CCOS(=O)(=O)O)c1. The molecule has 9 nitrogen and oxygen atoms in total. The maximum atomic E-state index is 11.9. The second-order valence-electron chi connectivity index (χ2n) is 4.49. The van der Waals surface area contributed by atoms with Gasteiger partial charge in [0, 0.05) is 24.8 Å². The summed E-state index contributed by atoms with van der Waals surface area (Å²) in [5, 5.41) is 5.34. The van der Waals surface area contributed by atoms with E-state index in [4.69, 9.17) is 4.55 Å². The molecule has 1 aromatic rings. The lowest BCUT2D eigenvalue weighted by Gasteiger charge is -2.07. The smallest absolute Gasteiger partial charge is 0.388 e. The van der Waals surface area contributed by atoms with Crippen molar-refractivity contribution in [2.24, 2.45) is 0 Å². The number of amides is 1. The standard InChI is InChI=1S/C12H18N2O7S2.CH4/c1-13-11-4-2-3-10(9-11)12(15)14-5-7-22(16,17)8-6-21-23(18,19)20;/h2-4,9,13H,5-8H2,1H3,(H,14,15)(H,18,19,20);1H4. The van der Waals surface area contributed by atoms with Crippen LogP contribution in [-0.2, 0) is 24.4 Å². The number of sulfone groups is 1. The molecule has 0 aliphatic carbocycles. The molecule has 3 N–H and O–H groups in total. The molecule has 0 saturated heterocycles. The minimum atomic E-state index is -4.66. The topological polar surface area (TPSA) is 139 Å². The molecule has 0 heterocycles. The lowest BCUT2D eigenvalue weighted by atomic mass is 10.2. The molecule has 0 bridgehead atoms. The summed E-state index contributed by atoms with van der Waals surface area (Å²) in [6.07, 6.45) is 0. The van der Waals surface area contributed by atoms with Crippen LogP contribution in [0.3, 0.4) is 0 Å². The van der Waals surface area contributed by atoms with Crippen molar-refractivity contribution in [2.75, 3.05) is 37.0 Å². The van der Waals surface area contributed by atoms with E-state index in [9.17, 15) is 21.6 Å². The molecule has 0 aliphatic heterocycles. The van der Waals surface area contributed by atoms with E-state index in [2.05, 4.69) is 14.8 Å². The van der Waals surface area contributed by atoms with Crippen LogP contribution in [0, 0.1) is 0 Å². The summed E-state index contributed by atoms with van der Waals surface area (Å²) >= 11 is 0. The summed E-state index contributed by atoms with van der Waals surface area (Å²) in [6, 6.07) is 6.66. The van der Waals surface area contributed by atoms with Crippen molar-refractivity contribution in [1.29, 1.82) is 0 Å². The molecule has 0 aromatic heterocycles. The normalized spacial score (nSPS) is 11.4. The van der Waals surface area contributed by atoms with Crippen LogP contribution >= 0.6 is 0 Å². The van der Waals surface area contributed by atoms with Gasteiger partial charge in [-0.25, -0.2) is 12.6 Å². The van der Waals surface area contributed by atoms with Crippen molar-refractivity contribution in [1.82, 2.24) is 5.32 Å². The molecular weight excluding hydrogens is 360 g/mol. The predicted molar refractivity (Wildman–Crippen MR) is 91.2 cm³/mol. The van der Waals surface area contributed by atoms with E-state index in [0.29, 0.717) is 5.56 Å². The van der Waals surface area contributed by atoms with E-state index in [0.717, 1.165) is 5.69 Å². The third-order valence-corrected chi connectivity index (χ3v) is 4.82. The monoisotopic (exact) mass is 382 g/mol. The predicted octanol–water partition coefficient (Wildman–Crippen LogP) is 0.328. The second kappa shape index (κ2) is 9.57. The fourth-order valence-electron chi connectivity index (χ4n) is 1.61. The van der Waals surface area contributed by atoms with Gasteiger partial charge in [0.25, 0.3) is 5.91 Å². The molecule has 0 spiro atoms. The zero-order valence-corrected chi connectivity index (χ0v) is 14.0.